The van der Waals surface area contributed by atoms with Crippen molar-refractivity contribution < 1.29 is 13.2 Å². The summed E-state index contributed by atoms with van der Waals surface area (Å²) < 4.78 is 31.9. The molecular weight excluding hydrogens is 467 g/mol. The summed E-state index contributed by atoms with van der Waals surface area (Å²) in [5.41, 5.74) is 7.91. The predicted octanol–water partition coefficient (Wildman–Crippen LogP) is 2.03. The maximum Gasteiger partial charge on any atom is 0.216 e. The van der Waals surface area contributed by atoms with Gasteiger partial charge in [0.05, 0.1) is 24.5 Å². The van der Waals surface area contributed by atoms with Gasteiger partial charge in [0.2, 0.25) is 10.0 Å². The molecule has 0 amide bonds. The van der Waals surface area contributed by atoms with Gasteiger partial charge in [-0.25, -0.2) is 8.42 Å². The van der Waals surface area contributed by atoms with Crippen molar-refractivity contribution in [2.24, 2.45) is 10.7 Å². The van der Waals surface area contributed by atoms with Gasteiger partial charge < -0.3 is 15.8 Å². The van der Waals surface area contributed by atoms with Gasteiger partial charge in [-0.2, -0.15) is 4.31 Å². The molecule has 1 aliphatic rings. The topological polar surface area (TPSA) is 97.0 Å². The number of nitrogens with one attached hydrogen (secondary N) is 1. The number of halogens is 1. The Morgan fingerprint density at radius 2 is 1.85 bits per heavy atom. The van der Waals surface area contributed by atoms with E-state index in [1.165, 1.54) is 9.87 Å². The number of aliphatic imine (C=N–C) groups is 1. The number of nitrogens with zero attached hydrogens (tertiary/aromatic N) is 2. The van der Waals surface area contributed by atoms with Crippen LogP contribution in [0.2, 0.25) is 0 Å². The van der Waals surface area contributed by atoms with Gasteiger partial charge in [-0.05, 0) is 38.0 Å². The van der Waals surface area contributed by atoms with E-state index in [1.54, 1.807) is 0 Å². The standard InChI is InChI=1S/C17H28N4O3S.HI/c1-4-15-5-7-16(8-6-15)20-17(18)19-9-10-25(22,23)21-11-13(2)24-14(3)12-21;/h5-8,13-14H,4,9-12H2,1-3H3,(H3,18,19,20);1H. The molecule has 0 aliphatic carbocycles. The van der Waals surface area contributed by atoms with Crippen molar-refractivity contribution in [1.82, 2.24) is 4.31 Å². The molecular formula is C17H29IN4O3S. The van der Waals surface area contributed by atoms with Crippen molar-refractivity contribution in [2.45, 2.75) is 39.4 Å². The first-order valence-electron chi connectivity index (χ1n) is 8.59. The van der Waals surface area contributed by atoms with Gasteiger partial charge in [0, 0.05) is 18.8 Å². The summed E-state index contributed by atoms with van der Waals surface area (Å²) in [6.45, 7) is 6.73. The van der Waals surface area contributed by atoms with E-state index >= 15 is 0 Å². The number of guanidine groups is 1. The van der Waals surface area contributed by atoms with Crippen LogP contribution in [0, 0.1) is 0 Å². The molecule has 1 aliphatic heterocycles. The summed E-state index contributed by atoms with van der Waals surface area (Å²) in [6, 6.07) is 7.88. The average molecular weight is 496 g/mol. The minimum Gasteiger partial charge on any atom is -0.373 e. The number of anilines is 1. The normalized spacial score (nSPS) is 21.9. The average Bonchev–Trinajstić information content (AvgIpc) is 2.54. The van der Waals surface area contributed by atoms with Gasteiger partial charge in [-0.15, -0.1) is 24.0 Å². The quantitative estimate of drug-likeness (QED) is 0.357. The van der Waals surface area contributed by atoms with Gasteiger partial charge in [-0.1, -0.05) is 19.1 Å². The first-order chi connectivity index (χ1) is 11.8. The smallest absolute Gasteiger partial charge is 0.216 e. The molecule has 1 heterocycles. The molecule has 0 saturated carbocycles. The van der Waals surface area contributed by atoms with Crippen LogP contribution in [-0.2, 0) is 21.2 Å². The Balaban J connectivity index is 0.00000338. The number of sulfonamides is 1. The number of ether oxygens (including phenoxy) is 1. The van der Waals surface area contributed by atoms with E-state index in [0.29, 0.717) is 13.1 Å². The summed E-state index contributed by atoms with van der Waals surface area (Å²) in [5.74, 6) is 0.145. The summed E-state index contributed by atoms with van der Waals surface area (Å²) in [6.07, 6.45) is 0.778. The van der Waals surface area contributed by atoms with E-state index in [4.69, 9.17) is 10.5 Å². The summed E-state index contributed by atoms with van der Waals surface area (Å²) in [7, 11) is -3.36. The van der Waals surface area contributed by atoms with Crippen LogP contribution >= 0.6 is 24.0 Å². The van der Waals surface area contributed by atoms with E-state index in [2.05, 4.69) is 17.2 Å². The zero-order valence-electron chi connectivity index (χ0n) is 15.5. The summed E-state index contributed by atoms with van der Waals surface area (Å²) >= 11 is 0. The maximum atomic E-state index is 12.4. The van der Waals surface area contributed by atoms with Crippen molar-refractivity contribution in [1.29, 1.82) is 0 Å². The number of benzene rings is 1. The first kappa shape index (κ1) is 23.1. The fourth-order valence-electron chi connectivity index (χ4n) is 2.78. The molecule has 9 heteroatoms. The van der Waals surface area contributed by atoms with E-state index in [9.17, 15) is 8.42 Å². The highest BCUT2D eigenvalue weighted by molar-refractivity contribution is 14.0. The largest absolute Gasteiger partial charge is 0.373 e. The Bertz CT molecular complexity index is 684. The molecule has 7 nitrogen and oxygen atoms in total. The van der Waals surface area contributed by atoms with E-state index in [0.717, 1.165) is 12.1 Å². The fourth-order valence-corrected chi connectivity index (χ4v) is 4.23. The molecule has 0 radical (unpaired) electrons. The van der Waals surface area contributed by atoms with Gasteiger partial charge in [-0.3, -0.25) is 4.99 Å². The number of nitrogens with two attached hydrogens (primary N) is 1. The monoisotopic (exact) mass is 496 g/mol. The molecule has 1 aromatic rings. The molecule has 0 bridgehead atoms. The summed E-state index contributed by atoms with van der Waals surface area (Å²) in [5, 5.41) is 2.97. The van der Waals surface area contributed by atoms with Crippen molar-refractivity contribution in [2.75, 3.05) is 30.7 Å². The second-order valence-corrected chi connectivity index (χ2v) is 8.42. The number of aryl methyl sites for hydroxylation is 1. The zero-order chi connectivity index (χ0) is 18.4. The van der Waals surface area contributed by atoms with Crippen LogP contribution in [0.3, 0.4) is 0 Å². The van der Waals surface area contributed by atoms with Crippen LogP contribution in [0.15, 0.2) is 29.3 Å². The van der Waals surface area contributed by atoms with Crippen molar-refractivity contribution in [3.05, 3.63) is 29.8 Å². The fraction of sp³-hybridized carbons (Fsp3) is 0.588. The van der Waals surface area contributed by atoms with Gasteiger partial charge in [0.25, 0.3) is 0 Å². The Labute approximate surface area is 173 Å². The lowest BCUT2D eigenvalue weighted by molar-refractivity contribution is -0.0440. The molecule has 3 N–H and O–H groups in total. The highest BCUT2D eigenvalue weighted by atomic mass is 127. The second-order valence-electron chi connectivity index (χ2n) is 6.33. The molecule has 2 atom stereocenters. The third kappa shape index (κ3) is 7.01. The van der Waals surface area contributed by atoms with Crippen molar-refractivity contribution in [3.63, 3.8) is 0 Å². The molecule has 2 rings (SSSR count). The summed E-state index contributed by atoms with van der Waals surface area (Å²) in [4.78, 5) is 4.13. The molecule has 26 heavy (non-hydrogen) atoms. The van der Waals surface area contributed by atoms with Gasteiger partial charge in [0.1, 0.15) is 0 Å². The Morgan fingerprint density at radius 1 is 1.27 bits per heavy atom. The number of rotatable bonds is 6. The van der Waals surface area contributed by atoms with E-state index in [1.807, 2.05) is 38.1 Å². The molecule has 148 valence electrons. The number of hydrogen-bond acceptors (Lipinski definition) is 4. The number of hydrogen-bond donors (Lipinski definition) is 2. The highest BCUT2D eigenvalue weighted by Crippen LogP contribution is 2.15. The van der Waals surface area contributed by atoms with Crippen LogP contribution in [0.25, 0.3) is 0 Å². The van der Waals surface area contributed by atoms with Crippen LogP contribution in [0.5, 0.6) is 0 Å². The molecule has 1 aromatic carbocycles. The maximum absolute atomic E-state index is 12.4. The lowest BCUT2D eigenvalue weighted by Gasteiger charge is -2.34. The lowest BCUT2D eigenvalue weighted by atomic mass is 10.1. The zero-order valence-corrected chi connectivity index (χ0v) is 18.7. The Hall–Kier alpha value is -0.910. The SMILES string of the molecule is CCc1ccc(NC(N)=NCCS(=O)(=O)N2CC(C)OC(C)C2)cc1.I. The molecule has 2 unspecified atom stereocenters. The molecule has 1 fully saturated rings. The molecule has 1 saturated heterocycles. The van der Waals surface area contributed by atoms with Gasteiger partial charge in [0.15, 0.2) is 5.96 Å². The van der Waals surface area contributed by atoms with E-state index in [-0.39, 0.29) is 54.4 Å². The van der Waals surface area contributed by atoms with Crippen molar-refractivity contribution >= 4 is 45.6 Å². The molecule has 0 aromatic heterocycles. The predicted molar refractivity (Wildman–Crippen MR) is 117 cm³/mol. The highest BCUT2D eigenvalue weighted by Gasteiger charge is 2.30. The first-order valence-corrected chi connectivity index (χ1v) is 10.2. The second kappa shape index (κ2) is 10.4. The third-order valence-corrected chi connectivity index (χ3v) is 5.83. The van der Waals surface area contributed by atoms with Crippen LogP contribution in [-0.4, -0.2) is 56.3 Å². The van der Waals surface area contributed by atoms with Crippen LogP contribution in [0.4, 0.5) is 5.69 Å². The van der Waals surface area contributed by atoms with Crippen LogP contribution < -0.4 is 11.1 Å². The molecule has 0 spiro atoms. The van der Waals surface area contributed by atoms with Gasteiger partial charge >= 0.3 is 0 Å². The minimum atomic E-state index is -3.36. The minimum absolute atomic E-state index is 0. The van der Waals surface area contributed by atoms with Crippen molar-refractivity contribution in [3.8, 4) is 0 Å². The van der Waals surface area contributed by atoms with Crippen LogP contribution in [0.1, 0.15) is 26.3 Å². The Kier molecular flexibility index (Phi) is 9.28. The third-order valence-electron chi connectivity index (χ3n) is 4.05. The van der Waals surface area contributed by atoms with E-state index < -0.39 is 10.0 Å². The Morgan fingerprint density at radius 3 is 2.38 bits per heavy atom. The number of morpholine rings is 1. The lowest BCUT2D eigenvalue weighted by Crippen LogP contribution is -2.49.